The number of benzene rings is 1. The largest absolute Gasteiger partial charge is 0.349 e. The first-order valence-electron chi connectivity index (χ1n) is 9.98. The number of nitrogens with zero attached hydrogens (tertiary/aromatic N) is 2. The number of thiophene rings is 1. The second kappa shape index (κ2) is 10.3. The van der Waals surface area contributed by atoms with Gasteiger partial charge in [-0.2, -0.15) is 0 Å². The molecule has 5 nitrogen and oxygen atoms in total. The molecule has 2 heterocycles. The summed E-state index contributed by atoms with van der Waals surface area (Å²) in [5, 5.41) is 8.57. The molecule has 0 bridgehead atoms. The van der Waals surface area contributed by atoms with Gasteiger partial charge in [-0.05, 0) is 49.1 Å². The smallest absolute Gasteiger partial charge is 0.241 e. The predicted molar refractivity (Wildman–Crippen MR) is 117 cm³/mol. The van der Waals surface area contributed by atoms with Crippen LogP contribution in [0.4, 0.5) is 0 Å². The van der Waals surface area contributed by atoms with Crippen LogP contribution >= 0.6 is 11.3 Å². The third-order valence-corrected chi connectivity index (χ3v) is 6.34. The Balaban J connectivity index is 1.40. The van der Waals surface area contributed by atoms with E-state index < -0.39 is 0 Å². The van der Waals surface area contributed by atoms with Gasteiger partial charge in [-0.3, -0.25) is 9.79 Å². The van der Waals surface area contributed by atoms with E-state index in [0.717, 1.165) is 32.4 Å². The van der Waals surface area contributed by atoms with E-state index in [1.165, 1.54) is 10.4 Å². The SMILES string of the molecule is CN=C(NCC(=O)N1CCC(Cc2ccccc2)CC1)NC(C)c1cccs1. The molecule has 1 aromatic heterocycles. The molecule has 2 N–H and O–H groups in total. The topological polar surface area (TPSA) is 56.7 Å². The summed E-state index contributed by atoms with van der Waals surface area (Å²) in [6.45, 7) is 4.06. The molecular formula is C22H30N4OS. The average molecular weight is 399 g/mol. The van der Waals surface area contributed by atoms with Gasteiger partial charge in [0.15, 0.2) is 5.96 Å². The summed E-state index contributed by atoms with van der Waals surface area (Å²) in [4.78, 5) is 20.0. The normalized spacial score (nSPS) is 16.6. The Morgan fingerprint density at radius 1 is 1.21 bits per heavy atom. The van der Waals surface area contributed by atoms with Gasteiger partial charge in [-0.1, -0.05) is 36.4 Å². The maximum atomic E-state index is 12.6. The highest BCUT2D eigenvalue weighted by Crippen LogP contribution is 2.21. The highest BCUT2D eigenvalue weighted by molar-refractivity contribution is 7.10. The van der Waals surface area contributed by atoms with Gasteiger partial charge >= 0.3 is 0 Å². The van der Waals surface area contributed by atoms with Gasteiger partial charge in [0.1, 0.15) is 0 Å². The first-order chi connectivity index (χ1) is 13.7. The Bertz CT molecular complexity index is 752. The van der Waals surface area contributed by atoms with Gasteiger partial charge in [-0.25, -0.2) is 0 Å². The molecule has 1 unspecified atom stereocenters. The molecule has 1 atom stereocenters. The Labute approximate surface area is 171 Å². The minimum Gasteiger partial charge on any atom is -0.349 e. The monoisotopic (exact) mass is 398 g/mol. The zero-order valence-electron chi connectivity index (χ0n) is 16.7. The first-order valence-corrected chi connectivity index (χ1v) is 10.9. The Kier molecular flexibility index (Phi) is 7.48. The maximum absolute atomic E-state index is 12.6. The second-order valence-electron chi connectivity index (χ2n) is 7.32. The average Bonchev–Trinajstić information content (AvgIpc) is 3.27. The van der Waals surface area contributed by atoms with Crippen molar-refractivity contribution in [1.29, 1.82) is 0 Å². The van der Waals surface area contributed by atoms with E-state index in [2.05, 4.69) is 64.3 Å². The fourth-order valence-electron chi connectivity index (χ4n) is 3.61. The molecule has 2 aromatic rings. The van der Waals surface area contributed by atoms with Crippen LogP contribution in [0.25, 0.3) is 0 Å². The van der Waals surface area contributed by atoms with Gasteiger partial charge in [0, 0.05) is 25.0 Å². The molecule has 150 valence electrons. The predicted octanol–water partition coefficient (Wildman–Crippen LogP) is 3.46. The molecular weight excluding hydrogens is 368 g/mol. The van der Waals surface area contributed by atoms with Crippen molar-refractivity contribution in [3.63, 3.8) is 0 Å². The van der Waals surface area contributed by atoms with Gasteiger partial charge in [0.05, 0.1) is 12.6 Å². The minimum absolute atomic E-state index is 0.143. The van der Waals surface area contributed by atoms with Crippen molar-refractivity contribution in [2.75, 3.05) is 26.7 Å². The number of carbonyl (C=O) groups is 1. The van der Waals surface area contributed by atoms with Crippen molar-refractivity contribution < 1.29 is 4.79 Å². The third kappa shape index (κ3) is 5.83. The zero-order valence-corrected chi connectivity index (χ0v) is 17.5. The molecule has 0 aliphatic carbocycles. The van der Waals surface area contributed by atoms with Crippen LogP contribution in [0, 0.1) is 5.92 Å². The molecule has 28 heavy (non-hydrogen) atoms. The van der Waals surface area contributed by atoms with Gasteiger partial charge in [0.25, 0.3) is 0 Å². The summed E-state index contributed by atoms with van der Waals surface area (Å²) in [5.74, 6) is 1.47. The minimum atomic E-state index is 0.143. The van der Waals surface area contributed by atoms with Crippen LogP contribution < -0.4 is 10.6 Å². The van der Waals surface area contributed by atoms with Crippen LogP contribution in [0.15, 0.2) is 52.8 Å². The van der Waals surface area contributed by atoms with Crippen LogP contribution in [0.2, 0.25) is 0 Å². The molecule has 1 aromatic carbocycles. The van der Waals surface area contributed by atoms with E-state index in [9.17, 15) is 4.79 Å². The molecule has 6 heteroatoms. The number of nitrogens with one attached hydrogen (secondary N) is 2. The van der Waals surface area contributed by atoms with Crippen molar-refractivity contribution in [2.45, 2.75) is 32.2 Å². The third-order valence-electron chi connectivity index (χ3n) is 5.29. The number of amides is 1. The van der Waals surface area contributed by atoms with E-state index in [1.807, 2.05) is 11.0 Å². The first kappa shape index (κ1) is 20.4. The van der Waals surface area contributed by atoms with E-state index in [0.29, 0.717) is 11.9 Å². The highest BCUT2D eigenvalue weighted by Gasteiger charge is 2.23. The van der Waals surface area contributed by atoms with Gasteiger partial charge in [0.2, 0.25) is 5.91 Å². The molecule has 1 aliphatic rings. The second-order valence-corrected chi connectivity index (χ2v) is 8.30. The summed E-state index contributed by atoms with van der Waals surface area (Å²) in [6, 6.07) is 14.9. The molecule has 1 fully saturated rings. The van der Waals surface area contributed by atoms with Gasteiger partial charge < -0.3 is 15.5 Å². The number of aliphatic imine (C=N–C) groups is 1. The van der Waals surface area contributed by atoms with E-state index >= 15 is 0 Å². The zero-order chi connectivity index (χ0) is 19.8. The quantitative estimate of drug-likeness (QED) is 0.579. The molecule has 0 radical (unpaired) electrons. The summed E-state index contributed by atoms with van der Waals surface area (Å²) < 4.78 is 0. The van der Waals surface area contributed by atoms with Crippen molar-refractivity contribution in [3.8, 4) is 0 Å². The lowest BCUT2D eigenvalue weighted by atomic mass is 9.90. The fourth-order valence-corrected chi connectivity index (χ4v) is 4.35. The standard InChI is InChI=1S/C22H30N4OS/c1-17(20-9-6-14-28-20)25-22(23-2)24-16-21(27)26-12-10-19(11-13-26)15-18-7-4-3-5-8-18/h3-9,14,17,19H,10-13,15-16H2,1-2H3,(H2,23,24,25). The summed E-state index contributed by atoms with van der Waals surface area (Å²) >= 11 is 1.71. The van der Waals surface area contributed by atoms with Crippen molar-refractivity contribution in [2.24, 2.45) is 10.9 Å². The van der Waals surface area contributed by atoms with E-state index in [1.54, 1.807) is 18.4 Å². The number of hydrogen-bond acceptors (Lipinski definition) is 3. The van der Waals surface area contributed by atoms with Crippen LogP contribution in [0.5, 0.6) is 0 Å². The summed E-state index contributed by atoms with van der Waals surface area (Å²) in [5.41, 5.74) is 1.39. The van der Waals surface area contributed by atoms with Crippen LogP contribution in [-0.2, 0) is 11.2 Å². The van der Waals surface area contributed by atoms with Gasteiger partial charge in [-0.15, -0.1) is 11.3 Å². The lowest BCUT2D eigenvalue weighted by molar-refractivity contribution is -0.131. The number of piperidine rings is 1. The Morgan fingerprint density at radius 3 is 2.61 bits per heavy atom. The molecule has 1 saturated heterocycles. The molecule has 1 aliphatic heterocycles. The van der Waals surface area contributed by atoms with E-state index in [4.69, 9.17) is 0 Å². The van der Waals surface area contributed by atoms with Crippen LogP contribution in [0.1, 0.15) is 36.2 Å². The molecule has 0 spiro atoms. The van der Waals surface area contributed by atoms with Crippen molar-refractivity contribution >= 4 is 23.2 Å². The van der Waals surface area contributed by atoms with Crippen LogP contribution in [-0.4, -0.2) is 43.4 Å². The van der Waals surface area contributed by atoms with Crippen LogP contribution in [0.3, 0.4) is 0 Å². The lowest BCUT2D eigenvalue weighted by Gasteiger charge is -2.32. The van der Waals surface area contributed by atoms with Crippen molar-refractivity contribution in [3.05, 3.63) is 58.3 Å². The lowest BCUT2D eigenvalue weighted by Crippen LogP contribution is -2.47. The van der Waals surface area contributed by atoms with Crippen molar-refractivity contribution in [1.82, 2.24) is 15.5 Å². The maximum Gasteiger partial charge on any atom is 0.241 e. The fraction of sp³-hybridized carbons (Fsp3) is 0.455. The summed E-state index contributed by atoms with van der Waals surface area (Å²) in [6.07, 6.45) is 3.25. The van der Waals surface area contributed by atoms with E-state index in [-0.39, 0.29) is 18.5 Å². The molecule has 1 amide bonds. The Hall–Kier alpha value is -2.34. The highest BCUT2D eigenvalue weighted by atomic mass is 32.1. The Morgan fingerprint density at radius 2 is 1.96 bits per heavy atom. The number of hydrogen-bond donors (Lipinski definition) is 2. The molecule has 0 saturated carbocycles. The number of likely N-dealkylation sites (tertiary alicyclic amines) is 1. The number of rotatable bonds is 6. The molecule has 3 rings (SSSR count). The summed E-state index contributed by atoms with van der Waals surface area (Å²) in [7, 11) is 1.73. The number of carbonyl (C=O) groups excluding carboxylic acids is 1. The number of guanidine groups is 1.